The van der Waals surface area contributed by atoms with Gasteiger partial charge in [0.25, 0.3) is 0 Å². The van der Waals surface area contributed by atoms with Gasteiger partial charge in [-0.3, -0.25) is 4.79 Å². The number of amides is 1. The zero-order valence-corrected chi connectivity index (χ0v) is 7.95. The van der Waals surface area contributed by atoms with Crippen molar-refractivity contribution in [3.63, 3.8) is 0 Å². The molecule has 0 saturated carbocycles. The molecule has 5 nitrogen and oxygen atoms in total. The molecule has 0 aromatic rings. The smallest absolute Gasteiger partial charge is 0.234 e. The molecule has 0 rings (SSSR count). The van der Waals surface area contributed by atoms with Gasteiger partial charge in [0.15, 0.2) is 0 Å². The van der Waals surface area contributed by atoms with Crippen molar-refractivity contribution in [1.82, 2.24) is 5.32 Å². The molecule has 4 N–H and O–H groups in total. The number of nitrogens with one attached hydrogen (secondary N) is 1. The van der Waals surface area contributed by atoms with Gasteiger partial charge in [0, 0.05) is 6.61 Å². The molecule has 5 heteroatoms. The first-order chi connectivity index (χ1) is 6.18. The second-order valence-corrected chi connectivity index (χ2v) is 2.77. The van der Waals surface area contributed by atoms with E-state index in [2.05, 4.69) is 5.32 Å². The van der Waals surface area contributed by atoms with Crippen LogP contribution in [-0.2, 0) is 9.53 Å². The molecule has 0 spiro atoms. The van der Waals surface area contributed by atoms with Gasteiger partial charge in [0.05, 0.1) is 19.3 Å². The van der Waals surface area contributed by atoms with E-state index in [0.717, 1.165) is 6.42 Å². The van der Waals surface area contributed by atoms with Crippen molar-refractivity contribution in [2.45, 2.75) is 19.4 Å². The molecule has 0 saturated heterocycles. The predicted molar refractivity (Wildman–Crippen MR) is 49.2 cm³/mol. The van der Waals surface area contributed by atoms with E-state index >= 15 is 0 Å². The Labute approximate surface area is 78.3 Å². The van der Waals surface area contributed by atoms with Gasteiger partial charge >= 0.3 is 0 Å². The van der Waals surface area contributed by atoms with Crippen molar-refractivity contribution >= 4 is 5.91 Å². The quantitative estimate of drug-likeness (QED) is 0.422. The molecule has 0 fully saturated rings. The number of carbonyl (C=O) groups excluding carboxylic acids is 1. The van der Waals surface area contributed by atoms with E-state index in [0.29, 0.717) is 19.8 Å². The normalized spacial score (nSPS) is 12.8. The van der Waals surface area contributed by atoms with Crippen LogP contribution in [0.25, 0.3) is 0 Å². The summed E-state index contributed by atoms with van der Waals surface area (Å²) in [4.78, 5) is 10.6. The van der Waals surface area contributed by atoms with Gasteiger partial charge in [-0.25, -0.2) is 0 Å². The van der Waals surface area contributed by atoms with Crippen LogP contribution in [0, 0.1) is 0 Å². The van der Waals surface area contributed by atoms with E-state index in [1.54, 1.807) is 6.92 Å². The van der Waals surface area contributed by atoms with Crippen LogP contribution in [0.1, 0.15) is 13.3 Å². The average Bonchev–Trinajstić information content (AvgIpc) is 2.10. The molecular formula is C8H18N2O3. The Hall–Kier alpha value is -0.650. The van der Waals surface area contributed by atoms with Gasteiger partial charge in [-0.2, -0.15) is 0 Å². The zero-order chi connectivity index (χ0) is 10.1. The number of ether oxygens (including phenoxy) is 1. The topological polar surface area (TPSA) is 84.6 Å². The van der Waals surface area contributed by atoms with Crippen LogP contribution in [0.15, 0.2) is 0 Å². The summed E-state index contributed by atoms with van der Waals surface area (Å²) < 4.78 is 5.02. The molecule has 0 aliphatic carbocycles. The van der Waals surface area contributed by atoms with Crippen LogP contribution >= 0.6 is 0 Å². The second kappa shape index (κ2) is 7.97. The molecule has 0 aliphatic heterocycles. The summed E-state index contributed by atoms with van der Waals surface area (Å²) in [5.74, 6) is -0.351. The van der Waals surface area contributed by atoms with Crippen molar-refractivity contribution in [2.75, 3.05) is 26.4 Å². The number of hydrogen-bond donors (Lipinski definition) is 3. The Balaban J connectivity index is 3.11. The number of aliphatic hydroxyl groups is 1. The molecular weight excluding hydrogens is 172 g/mol. The van der Waals surface area contributed by atoms with Crippen molar-refractivity contribution in [2.24, 2.45) is 5.73 Å². The number of carbonyl (C=O) groups is 1. The number of rotatable bonds is 8. The Morgan fingerprint density at radius 2 is 2.31 bits per heavy atom. The van der Waals surface area contributed by atoms with Gasteiger partial charge in [0.1, 0.15) is 0 Å². The molecule has 0 aromatic heterocycles. The fourth-order valence-corrected chi connectivity index (χ4v) is 0.760. The minimum Gasteiger partial charge on any atom is -0.394 e. The standard InChI is InChI=1S/C8H18N2O3/c1-7(8(9)12)10-3-2-5-13-6-4-11/h7,10-11H,2-6H2,1H3,(H2,9,12). The van der Waals surface area contributed by atoms with E-state index in [9.17, 15) is 4.79 Å². The van der Waals surface area contributed by atoms with E-state index in [-0.39, 0.29) is 18.6 Å². The summed E-state index contributed by atoms with van der Waals surface area (Å²) in [6, 6.07) is -0.294. The SMILES string of the molecule is CC(NCCCOCCO)C(N)=O. The van der Waals surface area contributed by atoms with Crippen LogP contribution in [0.5, 0.6) is 0 Å². The summed E-state index contributed by atoms with van der Waals surface area (Å²) in [5, 5.41) is 11.3. The highest BCUT2D eigenvalue weighted by Crippen LogP contribution is 1.83. The molecule has 13 heavy (non-hydrogen) atoms. The summed E-state index contributed by atoms with van der Waals surface area (Å²) >= 11 is 0. The van der Waals surface area contributed by atoms with Crippen LogP contribution in [-0.4, -0.2) is 43.4 Å². The monoisotopic (exact) mass is 190 g/mol. The highest BCUT2D eigenvalue weighted by atomic mass is 16.5. The first-order valence-corrected chi connectivity index (χ1v) is 4.39. The van der Waals surface area contributed by atoms with Crippen molar-refractivity contribution < 1.29 is 14.6 Å². The van der Waals surface area contributed by atoms with Crippen molar-refractivity contribution in [3.05, 3.63) is 0 Å². The molecule has 0 bridgehead atoms. The molecule has 1 atom stereocenters. The predicted octanol–water partition coefficient (Wildman–Crippen LogP) is -1.15. The lowest BCUT2D eigenvalue weighted by Gasteiger charge is -2.09. The number of nitrogens with two attached hydrogens (primary N) is 1. The fraction of sp³-hybridized carbons (Fsp3) is 0.875. The number of primary amides is 1. The highest BCUT2D eigenvalue weighted by molar-refractivity contribution is 5.79. The summed E-state index contributed by atoms with van der Waals surface area (Å²) in [6.07, 6.45) is 0.803. The van der Waals surface area contributed by atoms with Gasteiger partial charge in [-0.1, -0.05) is 0 Å². The molecule has 1 amide bonds. The van der Waals surface area contributed by atoms with Crippen molar-refractivity contribution in [1.29, 1.82) is 0 Å². The maximum Gasteiger partial charge on any atom is 0.234 e. The van der Waals surface area contributed by atoms with Crippen LogP contribution in [0.3, 0.4) is 0 Å². The van der Waals surface area contributed by atoms with E-state index in [1.807, 2.05) is 0 Å². The zero-order valence-electron chi connectivity index (χ0n) is 7.95. The second-order valence-electron chi connectivity index (χ2n) is 2.77. The third kappa shape index (κ3) is 7.70. The number of aliphatic hydroxyl groups excluding tert-OH is 1. The van der Waals surface area contributed by atoms with E-state index < -0.39 is 0 Å². The summed E-state index contributed by atoms with van der Waals surface area (Å²) in [5.41, 5.74) is 5.03. The molecule has 0 heterocycles. The minimum absolute atomic E-state index is 0.0467. The van der Waals surface area contributed by atoms with Gasteiger partial charge < -0.3 is 20.9 Å². The third-order valence-corrected chi connectivity index (χ3v) is 1.58. The van der Waals surface area contributed by atoms with Gasteiger partial charge in [0.2, 0.25) is 5.91 Å². The average molecular weight is 190 g/mol. The Bertz CT molecular complexity index is 141. The fourth-order valence-electron chi connectivity index (χ4n) is 0.760. The maximum atomic E-state index is 10.6. The largest absolute Gasteiger partial charge is 0.394 e. The van der Waals surface area contributed by atoms with Gasteiger partial charge in [-0.15, -0.1) is 0 Å². The molecule has 0 aliphatic rings. The van der Waals surface area contributed by atoms with Crippen LogP contribution in [0.4, 0.5) is 0 Å². The Morgan fingerprint density at radius 3 is 2.85 bits per heavy atom. The van der Waals surface area contributed by atoms with E-state index in [1.165, 1.54) is 0 Å². The summed E-state index contributed by atoms with van der Waals surface area (Å²) in [7, 11) is 0. The van der Waals surface area contributed by atoms with Gasteiger partial charge in [-0.05, 0) is 19.9 Å². The Morgan fingerprint density at radius 1 is 1.62 bits per heavy atom. The highest BCUT2D eigenvalue weighted by Gasteiger charge is 2.05. The van der Waals surface area contributed by atoms with E-state index in [4.69, 9.17) is 15.6 Å². The lowest BCUT2D eigenvalue weighted by Crippen LogP contribution is -2.39. The Kier molecular flexibility index (Phi) is 7.57. The lowest BCUT2D eigenvalue weighted by molar-refractivity contribution is -0.119. The lowest BCUT2D eigenvalue weighted by atomic mass is 10.3. The first-order valence-electron chi connectivity index (χ1n) is 4.39. The summed E-state index contributed by atoms with van der Waals surface area (Å²) in [6.45, 7) is 3.40. The molecule has 0 radical (unpaired) electrons. The molecule has 0 aromatic carbocycles. The maximum absolute atomic E-state index is 10.6. The number of hydrogen-bond acceptors (Lipinski definition) is 4. The minimum atomic E-state index is -0.351. The van der Waals surface area contributed by atoms with Crippen molar-refractivity contribution in [3.8, 4) is 0 Å². The van der Waals surface area contributed by atoms with Crippen LogP contribution < -0.4 is 11.1 Å². The molecule has 78 valence electrons. The van der Waals surface area contributed by atoms with Crippen LogP contribution in [0.2, 0.25) is 0 Å². The third-order valence-electron chi connectivity index (χ3n) is 1.58. The first kappa shape index (κ1) is 12.3. The molecule has 1 unspecified atom stereocenters.